The van der Waals surface area contributed by atoms with E-state index in [-0.39, 0.29) is 0 Å². The number of aryl methyl sites for hydroxylation is 1. The number of rotatable bonds is 8. The van der Waals surface area contributed by atoms with E-state index in [9.17, 15) is 10.2 Å². The molecule has 3 aromatic heterocycles. The van der Waals surface area contributed by atoms with Gasteiger partial charge in [0, 0.05) is 23.4 Å². The number of nitrogens with two attached hydrogens (primary N) is 1. The van der Waals surface area contributed by atoms with Crippen molar-refractivity contribution in [2.75, 3.05) is 24.4 Å². The second-order valence-electron chi connectivity index (χ2n) is 8.19. The molecule has 10 heteroatoms. The quantitative estimate of drug-likeness (QED) is 0.270. The fraction of sp³-hybridized carbons (Fsp3) is 0.348. The highest BCUT2D eigenvalue weighted by Gasteiger charge is 2.38. The summed E-state index contributed by atoms with van der Waals surface area (Å²) in [5.74, 6) is 1.13. The Kier molecular flexibility index (Phi) is 6.81. The molecule has 3 atom stereocenters. The summed E-state index contributed by atoms with van der Waals surface area (Å²) in [4.78, 5) is 13.0. The Hall–Kier alpha value is -2.40. The lowest BCUT2D eigenvalue weighted by Crippen LogP contribution is -2.42. The molecule has 5 N–H and O–H groups in total. The van der Waals surface area contributed by atoms with Crippen molar-refractivity contribution >= 4 is 61.3 Å². The summed E-state index contributed by atoms with van der Waals surface area (Å²) in [7, 11) is 1.78. The Bertz CT molecular complexity index is 1300. The van der Waals surface area contributed by atoms with Gasteiger partial charge in [-0.05, 0) is 65.7 Å². The number of fused-ring (bicyclic) bond motifs is 2. The highest BCUT2D eigenvalue weighted by molar-refractivity contribution is 9.10. The third-order valence-corrected chi connectivity index (χ3v) is 8.19. The third kappa shape index (κ3) is 4.52. The zero-order valence-electron chi connectivity index (χ0n) is 18.7. The van der Waals surface area contributed by atoms with Crippen LogP contribution in [0.5, 0.6) is 0 Å². The van der Waals surface area contributed by atoms with Crippen LogP contribution < -0.4 is 11.1 Å². The number of nitrogen functional groups attached to an aromatic ring is 1. The maximum atomic E-state index is 11.2. The molecule has 0 fully saturated rings. The molecular formula is C23H27BrN6O2S. The van der Waals surface area contributed by atoms with Gasteiger partial charge in [0.15, 0.2) is 6.23 Å². The number of hydrogen-bond acceptors (Lipinski definition) is 8. The molecule has 4 rings (SSSR count). The first-order valence-electron chi connectivity index (χ1n) is 10.5. The second kappa shape index (κ2) is 9.46. The highest BCUT2D eigenvalue weighted by Crippen LogP contribution is 2.37. The van der Waals surface area contributed by atoms with E-state index in [1.54, 1.807) is 17.8 Å². The zero-order valence-corrected chi connectivity index (χ0v) is 21.1. The number of anilines is 2. The first-order valence-corrected chi connectivity index (χ1v) is 12.5. The van der Waals surface area contributed by atoms with Crippen molar-refractivity contribution in [3.63, 3.8) is 0 Å². The van der Waals surface area contributed by atoms with E-state index in [0.29, 0.717) is 30.1 Å². The van der Waals surface area contributed by atoms with Crippen LogP contribution in [-0.4, -0.2) is 53.9 Å². The summed E-state index contributed by atoms with van der Waals surface area (Å²) < 4.78 is 1.77. The first-order chi connectivity index (χ1) is 15.8. The van der Waals surface area contributed by atoms with E-state index in [1.165, 1.54) is 18.1 Å². The number of hydrogen-bond donors (Lipinski definition) is 4. The fourth-order valence-corrected chi connectivity index (χ4v) is 4.98. The number of nitrogens with one attached hydrogen (secondary N) is 1. The van der Waals surface area contributed by atoms with Gasteiger partial charge in [0.2, 0.25) is 0 Å². The van der Waals surface area contributed by atoms with Gasteiger partial charge >= 0.3 is 0 Å². The highest BCUT2D eigenvalue weighted by atomic mass is 79.9. The van der Waals surface area contributed by atoms with Gasteiger partial charge in [-0.1, -0.05) is 12.1 Å². The number of aliphatic hydroxyl groups is 2. The molecule has 0 spiro atoms. The number of aliphatic hydroxyl groups excluding tert-OH is 2. The van der Waals surface area contributed by atoms with Crippen molar-refractivity contribution < 1.29 is 10.2 Å². The Morgan fingerprint density at radius 2 is 2.03 bits per heavy atom. The molecular weight excluding hydrogens is 504 g/mol. The van der Waals surface area contributed by atoms with Crippen molar-refractivity contribution in [1.29, 1.82) is 0 Å². The van der Waals surface area contributed by atoms with E-state index in [4.69, 9.17) is 5.73 Å². The van der Waals surface area contributed by atoms with Gasteiger partial charge in [0.25, 0.3) is 0 Å². The molecule has 0 bridgehead atoms. The van der Waals surface area contributed by atoms with Gasteiger partial charge < -0.3 is 25.8 Å². The minimum atomic E-state index is -1.16. The minimum Gasteiger partial charge on any atom is -0.387 e. The molecule has 0 radical (unpaired) electrons. The molecule has 0 unspecified atom stereocenters. The van der Waals surface area contributed by atoms with Crippen LogP contribution in [0.4, 0.5) is 11.6 Å². The zero-order chi connectivity index (χ0) is 23.8. The lowest BCUT2D eigenvalue weighted by Gasteiger charge is -2.36. The number of halogens is 1. The Balaban J connectivity index is 1.55. The number of pyridine rings is 1. The van der Waals surface area contributed by atoms with Crippen LogP contribution in [0, 0.1) is 0 Å². The van der Waals surface area contributed by atoms with E-state index in [0.717, 1.165) is 26.3 Å². The van der Waals surface area contributed by atoms with Crippen molar-refractivity contribution in [3.8, 4) is 0 Å². The van der Waals surface area contributed by atoms with Crippen LogP contribution in [0.1, 0.15) is 25.1 Å². The molecule has 1 aromatic carbocycles. The molecule has 174 valence electrons. The van der Waals surface area contributed by atoms with Gasteiger partial charge in [-0.2, -0.15) is 11.8 Å². The van der Waals surface area contributed by atoms with Crippen molar-refractivity contribution in [2.45, 2.75) is 36.8 Å². The van der Waals surface area contributed by atoms with Crippen molar-refractivity contribution in [2.24, 2.45) is 0 Å². The Morgan fingerprint density at radius 1 is 1.24 bits per heavy atom. The van der Waals surface area contributed by atoms with Crippen LogP contribution in [0.25, 0.3) is 21.9 Å². The van der Waals surface area contributed by atoms with Gasteiger partial charge in [-0.3, -0.25) is 0 Å². The van der Waals surface area contributed by atoms with E-state index in [1.807, 2.05) is 37.4 Å². The van der Waals surface area contributed by atoms with Crippen molar-refractivity contribution in [3.05, 3.63) is 52.9 Å². The number of thioether (sulfide) groups is 1. The maximum absolute atomic E-state index is 11.2. The number of nitrogens with zero attached hydrogens (tertiary/aromatic N) is 4. The number of benzene rings is 1. The van der Waals surface area contributed by atoms with Gasteiger partial charge in [0.1, 0.15) is 29.7 Å². The molecule has 0 saturated carbocycles. The summed E-state index contributed by atoms with van der Waals surface area (Å²) in [6, 6.07) is 9.90. The average Bonchev–Trinajstić information content (AvgIpc) is 3.26. The second-order valence-corrected chi connectivity index (χ2v) is 10.4. The van der Waals surface area contributed by atoms with Gasteiger partial charge in [-0.15, -0.1) is 0 Å². The lowest BCUT2D eigenvalue weighted by molar-refractivity contribution is -0.0446. The summed E-state index contributed by atoms with van der Waals surface area (Å²) in [5, 5.41) is 27.1. The van der Waals surface area contributed by atoms with Crippen LogP contribution in [0.15, 0.2) is 47.3 Å². The van der Waals surface area contributed by atoms with E-state index < -0.39 is 17.1 Å². The topological polar surface area (TPSA) is 122 Å². The fourth-order valence-electron chi connectivity index (χ4n) is 3.97. The molecule has 0 aliphatic carbocycles. The minimum absolute atomic E-state index is 0.455. The molecule has 0 saturated heterocycles. The molecule has 8 nitrogen and oxygen atoms in total. The first kappa shape index (κ1) is 23.7. The lowest BCUT2D eigenvalue weighted by atomic mass is 9.93. The average molecular weight is 531 g/mol. The Labute approximate surface area is 204 Å². The Morgan fingerprint density at radius 3 is 2.76 bits per heavy atom. The SMILES string of the molecule is CNc1ncnc2c1ccn2[C@H](O)[C@H](O)[C@@](C)(CCc1ccc2cc(Br)c(N)nc2c1)SC. The standard InChI is InChI=1S/C23H27BrN6O2S/c1-23(33-3,8-6-13-4-5-14-11-16(24)19(25)29-17(14)10-13)18(31)22(32)30-9-7-15-20(26-2)27-12-28-21(15)30/h4-5,7,9-12,18,22,31-32H,6,8H2,1-3H3,(H2,25,29)(H,26,27,28)/t18-,22+,23+/m0/s1. The maximum Gasteiger partial charge on any atom is 0.159 e. The van der Waals surface area contributed by atoms with Gasteiger partial charge in [0.05, 0.1) is 15.4 Å². The van der Waals surface area contributed by atoms with Crippen LogP contribution in [0.3, 0.4) is 0 Å². The summed E-state index contributed by atoms with van der Waals surface area (Å²) in [6.07, 6.45) is 4.30. The number of aromatic nitrogens is 4. The van der Waals surface area contributed by atoms with Crippen LogP contribution in [0.2, 0.25) is 0 Å². The van der Waals surface area contributed by atoms with Crippen molar-refractivity contribution in [1.82, 2.24) is 19.5 Å². The molecule has 0 aliphatic heterocycles. The molecule has 4 aromatic rings. The predicted octanol–water partition coefficient (Wildman–Crippen LogP) is 3.97. The largest absolute Gasteiger partial charge is 0.387 e. The van der Waals surface area contributed by atoms with E-state index >= 15 is 0 Å². The van der Waals surface area contributed by atoms with E-state index in [2.05, 4.69) is 42.3 Å². The smallest absolute Gasteiger partial charge is 0.159 e. The summed E-state index contributed by atoms with van der Waals surface area (Å²) in [6.45, 7) is 1.97. The summed E-state index contributed by atoms with van der Waals surface area (Å²) in [5.41, 5.74) is 8.43. The van der Waals surface area contributed by atoms with Crippen LogP contribution in [-0.2, 0) is 6.42 Å². The molecule has 0 amide bonds. The summed E-state index contributed by atoms with van der Waals surface area (Å²) >= 11 is 4.95. The normalized spacial score (nSPS) is 15.5. The monoisotopic (exact) mass is 530 g/mol. The van der Waals surface area contributed by atoms with Gasteiger partial charge in [-0.25, -0.2) is 15.0 Å². The predicted molar refractivity (Wildman–Crippen MR) is 138 cm³/mol. The third-order valence-electron chi connectivity index (χ3n) is 6.18. The van der Waals surface area contributed by atoms with Crippen LogP contribution >= 0.6 is 27.7 Å². The molecule has 3 heterocycles. The molecule has 33 heavy (non-hydrogen) atoms. The molecule has 0 aliphatic rings.